The van der Waals surface area contributed by atoms with Crippen LogP contribution in [0.5, 0.6) is 0 Å². The summed E-state index contributed by atoms with van der Waals surface area (Å²) in [5, 5.41) is 3.45. The average molecular weight is 462 g/mol. The van der Waals surface area contributed by atoms with Gasteiger partial charge in [0.1, 0.15) is 6.04 Å². The average Bonchev–Trinajstić information content (AvgIpc) is 3.24. The third-order valence-electron chi connectivity index (χ3n) is 5.66. The van der Waals surface area contributed by atoms with E-state index in [9.17, 15) is 4.79 Å². The number of hydrogen-bond acceptors (Lipinski definition) is 4. The first-order chi connectivity index (χ1) is 16.2. The maximum Gasteiger partial charge on any atom is 0.417 e. The fourth-order valence-electron chi connectivity index (χ4n) is 4.15. The number of rotatable bonds is 7. The van der Waals surface area contributed by atoms with Crippen LogP contribution in [-0.4, -0.2) is 35.5 Å². The number of amides is 1. The van der Waals surface area contributed by atoms with Crippen LogP contribution in [0.2, 0.25) is 0 Å². The maximum atomic E-state index is 13.2. The van der Waals surface area contributed by atoms with Crippen LogP contribution >= 0.6 is 11.6 Å². The first-order valence-electron chi connectivity index (χ1n) is 11.2. The molecular weight excluding hydrogens is 434 g/mol. The van der Waals surface area contributed by atoms with Crippen LogP contribution in [0.15, 0.2) is 96.0 Å². The highest BCUT2D eigenvalue weighted by molar-refractivity contribution is 6.18. The van der Waals surface area contributed by atoms with Crippen molar-refractivity contribution >= 4 is 23.7 Å². The number of benzene rings is 3. The standard InChI is InChI=1S/C27H28ClN3O2/c1-2-33-27(32)31-25(22-16-10-5-11-17-22)24(21-14-8-4-9-15-21)30-26(31)29-23(19-28)18-20-12-6-3-7-13-20/h3-17,23-25H,2,18-19H2,1H3,(H,29,30)/t23-,24-,25-/m0/s1. The van der Waals surface area contributed by atoms with Crippen LogP contribution in [0, 0.1) is 0 Å². The van der Waals surface area contributed by atoms with Crippen LogP contribution < -0.4 is 5.32 Å². The van der Waals surface area contributed by atoms with Crippen molar-refractivity contribution < 1.29 is 9.53 Å². The van der Waals surface area contributed by atoms with E-state index in [1.165, 1.54) is 0 Å². The van der Waals surface area contributed by atoms with Crippen molar-refractivity contribution in [2.75, 3.05) is 12.5 Å². The smallest absolute Gasteiger partial charge is 0.417 e. The summed E-state index contributed by atoms with van der Waals surface area (Å²) in [5.41, 5.74) is 3.18. The molecule has 0 aliphatic carbocycles. The number of carbonyl (C=O) groups is 1. The minimum absolute atomic E-state index is 0.101. The lowest BCUT2D eigenvalue weighted by Crippen LogP contribution is -2.48. The lowest BCUT2D eigenvalue weighted by molar-refractivity contribution is 0.116. The first-order valence-corrected chi connectivity index (χ1v) is 11.7. The maximum absolute atomic E-state index is 13.2. The van der Waals surface area contributed by atoms with E-state index in [0.717, 1.165) is 16.7 Å². The summed E-state index contributed by atoms with van der Waals surface area (Å²) in [6, 6.07) is 29.4. The molecular formula is C27H28ClN3O2. The summed E-state index contributed by atoms with van der Waals surface area (Å²) in [6.07, 6.45) is 0.288. The molecule has 0 unspecified atom stereocenters. The second-order valence-corrected chi connectivity index (χ2v) is 8.23. The number of ether oxygens (including phenoxy) is 1. The molecule has 0 fully saturated rings. The molecule has 6 heteroatoms. The van der Waals surface area contributed by atoms with Crippen LogP contribution in [0.1, 0.15) is 35.7 Å². The first kappa shape index (κ1) is 22.9. The normalized spacial score (nSPS) is 18.5. The summed E-state index contributed by atoms with van der Waals surface area (Å²) in [5.74, 6) is 0.856. The molecule has 0 aromatic heterocycles. The van der Waals surface area contributed by atoms with Crippen molar-refractivity contribution in [3.8, 4) is 0 Å². The molecule has 1 amide bonds. The topological polar surface area (TPSA) is 53.9 Å². The van der Waals surface area contributed by atoms with Crippen molar-refractivity contribution in [1.82, 2.24) is 10.2 Å². The van der Waals surface area contributed by atoms with E-state index in [1.807, 2.05) is 78.9 Å². The lowest BCUT2D eigenvalue weighted by atomic mass is 9.94. The van der Waals surface area contributed by atoms with Gasteiger partial charge in [0.15, 0.2) is 0 Å². The van der Waals surface area contributed by atoms with Gasteiger partial charge in [-0.15, -0.1) is 11.6 Å². The van der Waals surface area contributed by atoms with Gasteiger partial charge in [0, 0.05) is 11.9 Å². The zero-order chi connectivity index (χ0) is 23.0. The molecule has 3 atom stereocenters. The number of alkyl halides is 1. The Morgan fingerprint density at radius 3 is 2.12 bits per heavy atom. The molecule has 1 N–H and O–H groups in total. The summed E-state index contributed by atoms with van der Waals surface area (Å²) in [7, 11) is 0. The number of halogens is 1. The van der Waals surface area contributed by atoms with Crippen LogP contribution in [-0.2, 0) is 11.2 Å². The molecule has 0 saturated heterocycles. The minimum Gasteiger partial charge on any atom is -0.449 e. The van der Waals surface area contributed by atoms with E-state index in [2.05, 4.69) is 17.4 Å². The molecule has 33 heavy (non-hydrogen) atoms. The molecule has 0 bridgehead atoms. The van der Waals surface area contributed by atoms with Gasteiger partial charge < -0.3 is 10.1 Å². The van der Waals surface area contributed by atoms with Crippen molar-refractivity contribution in [2.24, 2.45) is 4.99 Å². The fourth-order valence-corrected chi connectivity index (χ4v) is 4.34. The predicted octanol–water partition coefficient (Wildman–Crippen LogP) is 5.74. The Balaban J connectivity index is 1.71. The number of nitrogens with zero attached hydrogens (tertiary/aromatic N) is 2. The Kier molecular flexibility index (Phi) is 7.63. The summed E-state index contributed by atoms with van der Waals surface area (Å²) >= 11 is 6.34. The van der Waals surface area contributed by atoms with Crippen LogP contribution in [0.4, 0.5) is 4.79 Å². The van der Waals surface area contributed by atoms with E-state index >= 15 is 0 Å². The Hall–Kier alpha value is -3.31. The van der Waals surface area contributed by atoms with Gasteiger partial charge in [-0.2, -0.15) is 0 Å². The fraction of sp³-hybridized carbons (Fsp3) is 0.259. The number of aliphatic imine (C=N–C) groups is 1. The highest BCUT2D eigenvalue weighted by atomic mass is 35.5. The Morgan fingerprint density at radius 2 is 1.55 bits per heavy atom. The molecule has 1 aliphatic rings. The largest absolute Gasteiger partial charge is 0.449 e. The van der Waals surface area contributed by atoms with Crippen molar-refractivity contribution in [3.05, 3.63) is 108 Å². The third kappa shape index (κ3) is 5.37. The molecule has 3 aromatic rings. The second kappa shape index (κ2) is 11.0. The monoisotopic (exact) mass is 461 g/mol. The molecule has 0 saturated carbocycles. The highest BCUT2D eigenvalue weighted by Crippen LogP contribution is 2.42. The van der Waals surface area contributed by atoms with Crippen molar-refractivity contribution in [1.29, 1.82) is 0 Å². The van der Waals surface area contributed by atoms with Gasteiger partial charge in [-0.1, -0.05) is 91.0 Å². The quantitative estimate of drug-likeness (QED) is 0.456. The molecule has 1 aliphatic heterocycles. The Bertz CT molecular complexity index is 1060. The number of hydrogen-bond donors (Lipinski definition) is 1. The molecule has 170 valence electrons. The van der Waals surface area contributed by atoms with Gasteiger partial charge >= 0.3 is 6.09 Å². The third-order valence-corrected chi connectivity index (χ3v) is 6.03. The van der Waals surface area contributed by atoms with E-state index in [1.54, 1.807) is 11.8 Å². The van der Waals surface area contributed by atoms with Crippen LogP contribution in [0.3, 0.4) is 0 Å². The molecule has 0 radical (unpaired) electrons. The summed E-state index contributed by atoms with van der Waals surface area (Å²) in [6.45, 7) is 2.09. The lowest BCUT2D eigenvalue weighted by Gasteiger charge is -2.30. The van der Waals surface area contributed by atoms with Crippen molar-refractivity contribution in [2.45, 2.75) is 31.5 Å². The Morgan fingerprint density at radius 1 is 0.970 bits per heavy atom. The van der Waals surface area contributed by atoms with E-state index < -0.39 is 6.09 Å². The molecule has 3 aromatic carbocycles. The predicted molar refractivity (Wildman–Crippen MR) is 132 cm³/mol. The van der Waals surface area contributed by atoms with Crippen molar-refractivity contribution in [3.63, 3.8) is 0 Å². The van der Waals surface area contributed by atoms with E-state index in [0.29, 0.717) is 18.3 Å². The van der Waals surface area contributed by atoms with Gasteiger partial charge in [-0.25, -0.2) is 14.7 Å². The van der Waals surface area contributed by atoms with Crippen LogP contribution in [0.25, 0.3) is 0 Å². The number of nitrogens with one attached hydrogen (secondary N) is 1. The Labute approximate surface area is 200 Å². The summed E-state index contributed by atoms with van der Waals surface area (Å²) in [4.78, 5) is 19.8. The van der Waals surface area contributed by atoms with Gasteiger partial charge in [0.05, 0.1) is 12.6 Å². The highest BCUT2D eigenvalue weighted by Gasteiger charge is 2.43. The molecule has 4 rings (SSSR count). The summed E-state index contributed by atoms with van der Waals surface area (Å²) < 4.78 is 5.46. The van der Waals surface area contributed by atoms with Gasteiger partial charge in [0.2, 0.25) is 5.96 Å². The zero-order valence-corrected chi connectivity index (χ0v) is 19.4. The SMILES string of the molecule is CCOC(=O)N1C(N[C@H](CCl)Cc2ccccc2)=N[C@@H](c2ccccc2)[C@@H]1c1ccccc1. The van der Waals surface area contributed by atoms with E-state index in [-0.39, 0.29) is 24.7 Å². The molecule has 1 heterocycles. The molecule has 5 nitrogen and oxygen atoms in total. The van der Waals surface area contributed by atoms with Gasteiger partial charge in [-0.3, -0.25) is 0 Å². The second-order valence-electron chi connectivity index (χ2n) is 7.92. The number of guanidine groups is 1. The number of carbonyl (C=O) groups excluding carboxylic acids is 1. The van der Waals surface area contributed by atoms with Gasteiger partial charge in [0.25, 0.3) is 0 Å². The van der Waals surface area contributed by atoms with E-state index in [4.69, 9.17) is 21.3 Å². The zero-order valence-electron chi connectivity index (χ0n) is 18.6. The minimum atomic E-state index is -0.427. The van der Waals surface area contributed by atoms with Gasteiger partial charge in [-0.05, 0) is 30.0 Å². The molecule has 0 spiro atoms.